The number of ether oxygens (including phenoxy) is 1. The monoisotopic (exact) mass is 326 g/mol. The van der Waals surface area contributed by atoms with E-state index in [0.717, 1.165) is 9.80 Å². The van der Waals surface area contributed by atoms with E-state index in [2.05, 4.69) is 5.32 Å². The standard InChI is InChI=1S/C14H18N2O5S/c1-3-21-14(20)16(2)13(19)15-9-22-11-6-4-10(5-7-11)8-12(17)18/h4-7H,3,8-9H2,1-2H3,(H,15,19)(H,17,18). The van der Waals surface area contributed by atoms with Gasteiger partial charge in [0.2, 0.25) is 0 Å². The van der Waals surface area contributed by atoms with Crippen molar-refractivity contribution in [3.05, 3.63) is 29.8 Å². The van der Waals surface area contributed by atoms with Gasteiger partial charge in [0.05, 0.1) is 18.9 Å². The Labute approximate surface area is 132 Å². The zero-order valence-electron chi connectivity index (χ0n) is 12.4. The molecule has 0 bridgehead atoms. The molecule has 1 aromatic rings. The van der Waals surface area contributed by atoms with Gasteiger partial charge in [-0.2, -0.15) is 0 Å². The molecule has 3 amide bonds. The molecule has 0 fully saturated rings. The van der Waals surface area contributed by atoms with Gasteiger partial charge < -0.3 is 15.2 Å². The fraction of sp³-hybridized carbons (Fsp3) is 0.357. The fourth-order valence-electron chi connectivity index (χ4n) is 1.48. The first-order valence-corrected chi connectivity index (χ1v) is 7.54. The van der Waals surface area contributed by atoms with Crippen LogP contribution in [-0.4, -0.2) is 47.6 Å². The summed E-state index contributed by atoms with van der Waals surface area (Å²) in [6.07, 6.45) is -0.727. The first-order chi connectivity index (χ1) is 10.4. The second-order valence-corrected chi connectivity index (χ2v) is 5.29. The summed E-state index contributed by atoms with van der Waals surface area (Å²) < 4.78 is 4.71. The first-order valence-electron chi connectivity index (χ1n) is 6.56. The number of thioether (sulfide) groups is 1. The van der Waals surface area contributed by atoms with E-state index < -0.39 is 18.1 Å². The van der Waals surface area contributed by atoms with Crippen molar-refractivity contribution in [3.8, 4) is 0 Å². The normalized spacial score (nSPS) is 9.91. The number of hydrogen-bond acceptors (Lipinski definition) is 5. The molecule has 0 aliphatic carbocycles. The van der Waals surface area contributed by atoms with Gasteiger partial charge in [-0.05, 0) is 24.6 Å². The fourth-order valence-corrected chi connectivity index (χ4v) is 2.17. The number of rotatable bonds is 6. The number of imide groups is 1. The van der Waals surface area contributed by atoms with Crippen molar-refractivity contribution in [2.45, 2.75) is 18.2 Å². The molecule has 1 aromatic carbocycles. The average Bonchev–Trinajstić information content (AvgIpc) is 2.47. The van der Waals surface area contributed by atoms with Crippen LogP contribution in [0.15, 0.2) is 29.2 Å². The van der Waals surface area contributed by atoms with Crippen LogP contribution >= 0.6 is 11.8 Å². The number of carboxylic acid groups (broad SMARTS) is 1. The highest BCUT2D eigenvalue weighted by atomic mass is 32.2. The highest BCUT2D eigenvalue weighted by molar-refractivity contribution is 7.99. The van der Waals surface area contributed by atoms with Crippen molar-refractivity contribution < 1.29 is 24.2 Å². The lowest BCUT2D eigenvalue weighted by molar-refractivity contribution is -0.136. The second-order valence-electron chi connectivity index (χ2n) is 4.24. The quantitative estimate of drug-likeness (QED) is 0.614. The predicted molar refractivity (Wildman–Crippen MR) is 81.8 cm³/mol. The summed E-state index contributed by atoms with van der Waals surface area (Å²) in [6, 6.07) is 6.47. The molecule has 0 unspecified atom stereocenters. The van der Waals surface area contributed by atoms with E-state index in [4.69, 9.17) is 9.84 Å². The number of hydrogen-bond donors (Lipinski definition) is 2. The van der Waals surface area contributed by atoms with E-state index in [9.17, 15) is 14.4 Å². The smallest absolute Gasteiger partial charge is 0.417 e. The summed E-state index contributed by atoms with van der Waals surface area (Å²) in [6.45, 7) is 1.86. The average molecular weight is 326 g/mol. The van der Waals surface area contributed by atoms with Crippen LogP contribution in [0.5, 0.6) is 0 Å². The van der Waals surface area contributed by atoms with Crippen LogP contribution < -0.4 is 5.32 Å². The molecule has 0 aliphatic rings. The third kappa shape index (κ3) is 6.04. The Balaban J connectivity index is 2.39. The minimum atomic E-state index is -0.880. The molecule has 0 spiro atoms. The van der Waals surface area contributed by atoms with E-state index in [1.165, 1.54) is 18.8 Å². The summed E-state index contributed by atoms with van der Waals surface area (Å²) in [5.74, 6) is -0.601. The third-order valence-corrected chi connectivity index (χ3v) is 3.48. The van der Waals surface area contributed by atoms with E-state index >= 15 is 0 Å². The molecule has 7 nitrogen and oxygen atoms in total. The number of carboxylic acids is 1. The number of benzene rings is 1. The van der Waals surface area contributed by atoms with Gasteiger partial charge in [-0.15, -0.1) is 11.8 Å². The molecule has 120 valence electrons. The Kier molecular flexibility index (Phi) is 7.24. The maximum Gasteiger partial charge on any atom is 0.417 e. The van der Waals surface area contributed by atoms with Crippen LogP contribution in [0.3, 0.4) is 0 Å². The zero-order chi connectivity index (χ0) is 16.5. The Morgan fingerprint density at radius 3 is 2.45 bits per heavy atom. The van der Waals surface area contributed by atoms with Gasteiger partial charge in [0.1, 0.15) is 0 Å². The topological polar surface area (TPSA) is 95.9 Å². The van der Waals surface area contributed by atoms with E-state index in [-0.39, 0.29) is 18.9 Å². The predicted octanol–water partition coefficient (Wildman–Crippen LogP) is 2.16. The molecule has 8 heteroatoms. The number of carbonyl (C=O) groups excluding carboxylic acids is 2. The highest BCUT2D eigenvalue weighted by Gasteiger charge is 2.16. The summed E-state index contributed by atoms with van der Waals surface area (Å²) in [5, 5.41) is 11.3. The van der Waals surface area contributed by atoms with Crippen LogP contribution in [0.25, 0.3) is 0 Å². The minimum Gasteiger partial charge on any atom is -0.481 e. The number of carbonyl (C=O) groups is 3. The highest BCUT2D eigenvalue weighted by Crippen LogP contribution is 2.17. The van der Waals surface area contributed by atoms with Crippen LogP contribution in [0.4, 0.5) is 9.59 Å². The molecule has 2 N–H and O–H groups in total. The lowest BCUT2D eigenvalue weighted by Crippen LogP contribution is -2.41. The summed E-state index contributed by atoms with van der Waals surface area (Å²) in [5.41, 5.74) is 0.711. The maximum absolute atomic E-state index is 11.7. The summed E-state index contributed by atoms with van der Waals surface area (Å²) >= 11 is 1.36. The molecule has 1 rings (SSSR count). The molecule has 0 saturated heterocycles. The van der Waals surface area contributed by atoms with Crippen LogP contribution in [0, 0.1) is 0 Å². The Morgan fingerprint density at radius 1 is 1.27 bits per heavy atom. The Morgan fingerprint density at radius 2 is 1.91 bits per heavy atom. The van der Waals surface area contributed by atoms with Gasteiger partial charge in [-0.1, -0.05) is 12.1 Å². The van der Waals surface area contributed by atoms with Crippen molar-refractivity contribution in [2.24, 2.45) is 0 Å². The van der Waals surface area contributed by atoms with Gasteiger partial charge in [0.15, 0.2) is 0 Å². The van der Waals surface area contributed by atoms with Crippen molar-refractivity contribution in [2.75, 3.05) is 19.5 Å². The molecular weight excluding hydrogens is 308 g/mol. The molecule has 0 saturated carbocycles. The lowest BCUT2D eigenvalue weighted by atomic mass is 10.2. The van der Waals surface area contributed by atoms with Crippen LogP contribution in [0.2, 0.25) is 0 Å². The third-order valence-electron chi connectivity index (χ3n) is 2.59. The number of nitrogens with zero attached hydrogens (tertiary/aromatic N) is 1. The first kappa shape index (κ1) is 17.8. The number of aliphatic carboxylic acids is 1. The van der Waals surface area contributed by atoms with Crippen LogP contribution in [-0.2, 0) is 16.0 Å². The molecule has 0 aliphatic heterocycles. The van der Waals surface area contributed by atoms with Crippen molar-refractivity contribution in [3.63, 3.8) is 0 Å². The minimum absolute atomic E-state index is 0.0218. The summed E-state index contributed by atoms with van der Waals surface area (Å²) in [4.78, 5) is 35.3. The van der Waals surface area contributed by atoms with E-state index in [0.29, 0.717) is 5.56 Å². The van der Waals surface area contributed by atoms with Gasteiger partial charge in [0, 0.05) is 11.9 Å². The molecule has 0 heterocycles. The molecular formula is C14H18N2O5S. The van der Waals surface area contributed by atoms with Gasteiger partial charge in [0.25, 0.3) is 0 Å². The maximum atomic E-state index is 11.7. The van der Waals surface area contributed by atoms with Crippen molar-refractivity contribution in [1.82, 2.24) is 10.2 Å². The number of nitrogens with one attached hydrogen (secondary N) is 1. The van der Waals surface area contributed by atoms with Crippen LogP contribution in [0.1, 0.15) is 12.5 Å². The zero-order valence-corrected chi connectivity index (χ0v) is 13.2. The van der Waals surface area contributed by atoms with Gasteiger partial charge >= 0.3 is 18.1 Å². The lowest BCUT2D eigenvalue weighted by Gasteiger charge is -2.15. The molecule has 0 atom stereocenters. The second kappa shape index (κ2) is 8.93. The summed E-state index contributed by atoms with van der Waals surface area (Å²) in [7, 11) is 1.33. The molecule has 22 heavy (non-hydrogen) atoms. The van der Waals surface area contributed by atoms with Gasteiger partial charge in [-0.3, -0.25) is 4.79 Å². The SMILES string of the molecule is CCOC(=O)N(C)C(=O)NCSc1ccc(CC(=O)O)cc1. The largest absolute Gasteiger partial charge is 0.481 e. The van der Waals surface area contributed by atoms with E-state index in [1.807, 2.05) is 0 Å². The van der Waals surface area contributed by atoms with Crippen molar-refractivity contribution in [1.29, 1.82) is 0 Å². The molecule has 0 aromatic heterocycles. The van der Waals surface area contributed by atoms with Crippen molar-refractivity contribution >= 4 is 29.9 Å². The van der Waals surface area contributed by atoms with E-state index in [1.54, 1.807) is 31.2 Å². The Hall–Kier alpha value is -2.22. The number of amides is 3. The number of urea groups is 1. The Bertz CT molecular complexity index is 533. The molecule has 0 radical (unpaired) electrons. The van der Waals surface area contributed by atoms with Gasteiger partial charge in [-0.25, -0.2) is 14.5 Å².